The molecule has 0 atom stereocenters. The Kier molecular flexibility index (Phi) is 2.86. The molecule has 6 nitrogen and oxygen atoms in total. The zero-order chi connectivity index (χ0) is 11.5. The number of aromatic hydroxyl groups is 1. The maximum Gasteiger partial charge on any atom is 0.261 e. The van der Waals surface area contributed by atoms with E-state index in [1.165, 1.54) is 18.5 Å². The topological polar surface area (TPSA) is 90.9 Å². The molecule has 1 amide bonds. The summed E-state index contributed by atoms with van der Waals surface area (Å²) in [4.78, 5) is 15.4. The molecule has 1 heterocycles. The van der Waals surface area contributed by atoms with Crippen molar-refractivity contribution in [1.29, 1.82) is 0 Å². The number of carbonyl (C=O) groups is 1. The number of nitrogens with one attached hydrogen (secondary N) is 2. The minimum absolute atomic E-state index is 0.105. The van der Waals surface area contributed by atoms with Crippen LogP contribution in [0.15, 0.2) is 29.0 Å². The van der Waals surface area contributed by atoms with Crippen LogP contribution < -0.4 is 5.32 Å². The molecule has 0 fully saturated rings. The van der Waals surface area contributed by atoms with Crippen molar-refractivity contribution in [3.63, 3.8) is 0 Å². The summed E-state index contributed by atoms with van der Waals surface area (Å²) in [5.41, 5.74) is 0.166. The second-order valence-corrected chi connectivity index (χ2v) is 3.87. The van der Waals surface area contributed by atoms with E-state index in [-0.39, 0.29) is 17.3 Å². The van der Waals surface area contributed by atoms with E-state index in [9.17, 15) is 9.90 Å². The molecule has 0 saturated carbocycles. The summed E-state index contributed by atoms with van der Waals surface area (Å²) in [5.74, 6) is -0.333. The maximum absolute atomic E-state index is 11.7. The molecule has 0 bridgehead atoms. The van der Waals surface area contributed by atoms with Gasteiger partial charge in [0.25, 0.3) is 5.91 Å². The maximum atomic E-state index is 11.7. The van der Waals surface area contributed by atoms with Crippen molar-refractivity contribution in [3.05, 3.63) is 34.6 Å². The number of aromatic amines is 1. The predicted molar refractivity (Wildman–Crippen MR) is 60.1 cm³/mol. The average molecular weight is 283 g/mol. The quantitative estimate of drug-likeness (QED) is 0.779. The standard InChI is InChI=1S/C9H7BrN4O2/c10-5-1-2-6(7(15)3-5)8(16)13-9-11-4-12-14-9/h1-4,15H,(H2,11,12,13,14,16). The number of halogens is 1. The molecule has 0 spiro atoms. The van der Waals surface area contributed by atoms with Crippen LogP contribution in [-0.4, -0.2) is 26.2 Å². The first-order valence-electron chi connectivity index (χ1n) is 4.32. The number of rotatable bonds is 2. The fourth-order valence-electron chi connectivity index (χ4n) is 1.14. The number of hydrogen-bond donors (Lipinski definition) is 3. The second-order valence-electron chi connectivity index (χ2n) is 2.95. The van der Waals surface area contributed by atoms with Crippen molar-refractivity contribution >= 4 is 27.8 Å². The van der Waals surface area contributed by atoms with Crippen LogP contribution >= 0.6 is 15.9 Å². The summed E-state index contributed by atoms with van der Waals surface area (Å²) in [7, 11) is 0. The molecule has 0 saturated heterocycles. The van der Waals surface area contributed by atoms with Gasteiger partial charge in [-0.05, 0) is 18.2 Å². The lowest BCUT2D eigenvalue weighted by Crippen LogP contribution is -2.13. The number of amides is 1. The molecule has 2 rings (SSSR count). The van der Waals surface area contributed by atoms with E-state index in [0.717, 1.165) is 0 Å². The molecule has 1 aromatic heterocycles. The fraction of sp³-hybridized carbons (Fsp3) is 0. The Morgan fingerprint density at radius 1 is 1.50 bits per heavy atom. The molecule has 16 heavy (non-hydrogen) atoms. The van der Waals surface area contributed by atoms with E-state index in [1.807, 2.05) is 0 Å². The zero-order valence-corrected chi connectivity index (χ0v) is 9.52. The van der Waals surface area contributed by atoms with E-state index < -0.39 is 5.91 Å². The van der Waals surface area contributed by atoms with Crippen LogP contribution in [0.5, 0.6) is 5.75 Å². The highest BCUT2D eigenvalue weighted by molar-refractivity contribution is 9.10. The molecular weight excluding hydrogens is 276 g/mol. The minimum atomic E-state index is -0.457. The van der Waals surface area contributed by atoms with Gasteiger partial charge in [0.05, 0.1) is 5.56 Å². The Bertz CT molecular complexity index is 512. The van der Waals surface area contributed by atoms with Crippen molar-refractivity contribution in [2.75, 3.05) is 5.32 Å². The third-order valence-electron chi connectivity index (χ3n) is 1.85. The van der Waals surface area contributed by atoms with Gasteiger partial charge in [-0.2, -0.15) is 10.1 Å². The molecule has 7 heteroatoms. The highest BCUT2D eigenvalue weighted by atomic mass is 79.9. The highest BCUT2D eigenvalue weighted by Gasteiger charge is 2.12. The summed E-state index contributed by atoms with van der Waals surface area (Å²) < 4.78 is 0.696. The van der Waals surface area contributed by atoms with Crippen molar-refractivity contribution in [2.24, 2.45) is 0 Å². The van der Waals surface area contributed by atoms with Gasteiger partial charge in [0.1, 0.15) is 12.1 Å². The van der Waals surface area contributed by atoms with Gasteiger partial charge in [-0.15, -0.1) is 0 Å². The largest absolute Gasteiger partial charge is 0.507 e. The lowest BCUT2D eigenvalue weighted by molar-refractivity contribution is 0.102. The molecule has 0 aliphatic heterocycles. The van der Waals surface area contributed by atoms with Crippen LogP contribution in [-0.2, 0) is 0 Å². The Morgan fingerprint density at radius 3 is 2.94 bits per heavy atom. The van der Waals surface area contributed by atoms with Gasteiger partial charge in [0, 0.05) is 4.47 Å². The lowest BCUT2D eigenvalue weighted by atomic mass is 10.2. The van der Waals surface area contributed by atoms with Gasteiger partial charge in [-0.1, -0.05) is 15.9 Å². The van der Waals surface area contributed by atoms with Crippen LogP contribution in [0, 0.1) is 0 Å². The Balaban J connectivity index is 2.21. The second kappa shape index (κ2) is 4.31. The van der Waals surface area contributed by atoms with Crippen LogP contribution in [0.3, 0.4) is 0 Å². The van der Waals surface area contributed by atoms with E-state index >= 15 is 0 Å². The zero-order valence-electron chi connectivity index (χ0n) is 7.94. The summed E-state index contributed by atoms with van der Waals surface area (Å²) in [6, 6.07) is 4.61. The van der Waals surface area contributed by atoms with Crippen LogP contribution in [0.2, 0.25) is 0 Å². The first-order chi connectivity index (χ1) is 7.66. The van der Waals surface area contributed by atoms with Crippen LogP contribution in [0.1, 0.15) is 10.4 Å². The number of hydrogen-bond acceptors (Lipinski definition) is 4. The minimum Gasteiger partial charge on any atom is -0.507 e. The van der Waals surface area contributed by atoms with Gasteiger partial charge in [0.2, 0.25) is 5.95 Å². The Morgan fingerprint density at radius 2 is 2.31 bits per heavy atom. The van der Waals surface area contributed by atoms with Gasteiger partial charge in [-0.25, -0.2) is 5.10 Å². The molecule has 0 aliphatic carbocycles. The van der Waals surface area contributed by atoms with E-state index in [4.69, 9.17) is 0 Å². The fourth-order valence-corrected chi connectivity index (χ4v) is 1.49. The molecule has 0 radical (unpaired) electrons. The third kappa shape index (κ3) is 2.19. The van der Waals surface area contributed by atoms with Gasteiger partial charge >= 0.3 is 0 Å². The third-order valence-corrected chi connectivity index (χ3v) is 2.34. The number of phenolic OH excluding ortho intramolecular Hbond substituents is 1. The number of nitrogens with zero attached hydrogens (tertiary/aromatic N) is 2. The number of benzene rings is 1. The first-order valence-corrected chi connectivity index (χ1v) is 5.11. The van der Waals surface area contributed by atoms with Crippen LogP contribution in [0.25, 0.3) is 0 Å². The predicted octanol–water partition coefficient (Wildman–Crippen LogP) is 1.53. The first kappa shape index (κ1) is 10.6. The monoisotopic (exact) mass is 282 g/mol. The molecule has 3 N–H and O–H groups in total. The van der Waals surface area contributed by atoms with Crippen LogP contribution in [0.4, 0.5) is 5.95 Å². The van der Waals surface area contributed by atoms with E-state index in [1.54, 1.807) is 6.07 Å². The number of aromatic nitrogens is 3. The molecular formula is C9H7BrN4O2. The highest BCUT2D eigenvalue weighted by Crippen LogP contribution is 2.22. The Hall–Kier alpha value is -1.89. The van der Waals surface area contributed by atoms with Gasteiger partial charge in [0.15, 0.2) is 0 Å². The van der Waals surface area contributed by atoms with E-state index in [2.05, 4.69) is 36.4 Å². The number of carbonyl (C=O) groups excluding carboxylic acids is 1. The molecule has 1 aromatic carbocycles. The van der Waals surface area contributed by atoms with Gasteiger partial charge in [-0.3, -0.25) is 10.1 Å². The Labute approximate surface area is 98.8 Å². The summed E-state index contributed by atoms with van der Waals surface area (Å²) >= 11 is 3.19. The number of phenols is 1. The normalized spacial score (nSPS) is 10.1. The molecule has 2 aromatic rings. The molecule has 82 valence electrons. The average Bonchev–Trinajstić information content (AvgIpc) is 2.70. The smallest absolute Gasteiger partial charge is 0.261 e. The van der Waals surface area contributed by atoms with Crippen molar-refractivity contribution in [2.45, 2.75) is 0 Å². The summed E-state index contributed by atoms with van der Waals surface area (Å²) in [6.45, 7) is 0. The van der Waals surface area contributed by atoms with Gasteiger partial charge < -0.3 is 5.11 Å². The van der Waals surface area contributed by atoms with E-state index in [0.29, 0.717) is 4.47 Å². The molecule has 0 aliphatic rings. The van der Waals surface area contributed by atoms with Crippen molar-refractivity contribution in [1.82, 2.24) is 15.2 Å². The van der Waals surface area contributed by atoms with Crippen molar-refractivity contribution < 1.29 is 9.90 Å². The number of H-pyrrole nitrogens is 1. The summed E-state index contributed by atoms with van der Waals surface area (Å²) in [6.07, 6.45) is 1.27. The number of anilines is 1. The lowest BCUT2D eigenvalue weighted by Gasteiger charge is -2.04. The molecule has 0 unspecified atom stereocenters. The van der Waals surface area contributed by atoms with Crippen molar-refractivity contribution in [3.8, 4) is 5.75 Å². The SMILES string of the molecule is O=C(Nc1ncn[nH]1)c1ccc(Br)cc1O. The summed E-state index contributed by atoms with van der Waals surface area (Å²) in [5, 5.41) is 18.1.